The van der Waals surface area contributed by atoms with Gasteiger partial charge in [0.1, 0.15) is 5.82 Å². The lowest BCUT2D eigenvalue weighted by molar-refractivity contribution is 0.260. The second-order valence-corrected chi connectivity index (χ2v) is 3.45. The molecule has 1 aromatic rings. The average Bonchev–Trinajstić information content (AvgIpc) is 2.16. The van der Waals surface area contributed by atoms with E-state index in [-0.39, 0.29) is 11.7 Å². The lowest BCUT2D eigenvalue weighted by Crippen LogP contribution is -2.10. The molecule has 0 aromatic heterocycles. The smallest absolute Gasteiger partial charge is 0.167 e. The van der Waals surface area contributed by atoms with E-state index in [4.69, 9.17) is 16.3 Å². The van der Waals surface area contributed by atoms with Crippen LogP contribution in [0.2, 0.25) is 0 Å². The molecule has 4 heteroatoms. The first-order chi connectivity index (χ1) is 6.63. The zero-order valence-corrected chi connectivity index (χ0v) is 8.52. The fraction of sp³-hybridized carbons (Fsp3) is 0.400. The third-order valence-electron chi connectivity index (χ3n) is 1.68. The van der Waals surface area contributed by atoms with Gasteiger partial charge in [0.15, 0.2) is 11.6 Å². The van der Waals surface area contributed by atoms with Crippen molar-refractivity contribution in [2.24, 2.45) is 5.92 Å². The molecule has 0 bridgehead atoms. The quantitative estimate of drug-likeness (QED) is 0.708. The zero-order chi connectivity index (χ0) is 10.6. The predicted molar refractivity (Wildman–Crippen MR) is 51.7 cm³/mol. The first kappa shape index (κ1) is 11.2. The molecule has 0 aliphatic carbocycles. The molecule has 0 amide bonds. The molecule has 14 heavy (non-hydrogen) atoms. The summed E-state index contributed by atoms with van der Waals surface area (Å²) in [4.78, 5) is 0. The van der Waals surface area contributed by atoms with Crippen molar-refractivity contribution in [3.63, 3.8) is 0 Å². The van der Waals surface area contributed by atoms with Gasteiger partial charge < -0.3 is 4.74 Å². The lowest BCUT2D eigenvalue weighted by atomic mass is 10.2. The van der Waals surface area contributed by atoms with Crippen LogP contribution in [0.1, 0.15) is 6.92 Å². The van der Waals surface area contributed by atoms with Gasteiger partial charge in [-0.1, -0.05) is 6.92 Å². The summed E-state index contributed by atoms with van der Waals surface area (Å²) in [5, 5.41) is 0. The molecule has 0 spiro atoms. The Morgan fingerprint density at radius 3 is 2.71 bits per heavy atom. The molecule has 0 saturated heterocycles. The molecule has 1 unspecified atom stereocenters. The van der Waals surface area contributed by atoms with Gasteiger partial charge in [0.2, 0.25) is 0 Å². The van der Waals surface area contributed by atoms with E-state index in [9.17, 15) is 8.78 Å². The summed E-state index contributed by atoms with van der Waals surface area (Å²) in [7, 11) is 0. The molecule has 1 atom stereocenters. The SMILES string of the molecule is CC(CCl)COc1ccc(F)cc1F. The number of alkyl halides is 1. The third-order valence-corrected chi connectivity index (χ3v) is 2.21. The van der Waals surface area contributed by atoms with Crippen molar-refractivity contribution in [1.82, 2.24) is 0 Å². The number of halogens is 3. The number of hydrogen-bond acceptors (Lipinski definition) is 1. The molecule has 0 radical (unpaired) electrons. The topological polar surface area (TPSA) is 9.23 Å². The van der Waals surface area contributed by atoms with Crippen LogP contribution >= 0.6 is 11.6 Å². The van der Waals surface area contributed by atoms with Crippen molar-refractivity contribution in [2.45, 2.75) is 6.92 Å². The summed E-state index contributed by atoms with van der Waals surface area (Å²) >= 11 is 5.55. The summed E-state index contributed by atoms with van der Waals surface area (Å²) in [6, 6.07) is 3.22. The highest BCUT2D eigenvalue weighted by atomic mass is 35.5. The normalized spacial score (nSPS) is 12.6. The summed E-state index contributed by atoms with van der Waals surface area (Å²) in [5.74, 6) is -0.653. The fourth-order valence-corrected chi connectivity index (χ4v) is 0.958. The van der Waals surface area contributed by atoms with Crippen LogP contribution in [-0.4, -0.2) is 12.5 Å². The van der Waals surface area contributed by atoms with Gasteiger partial charge >= 0.3 is 0 Å². The Bertz CT molecular complexity index is 304. The first-order valence-corrected chi connectivity index (χ1v) is 4.80. The van der Waals surface area contributed by atoms with Crippen molar-refractivity contribution >= 4 is 11.6 Å². The van der Waals surface area contributed by atoms with Crippen molar-refractivity contribution < 1.29 is 13.5 Å². The molecule has 0 saturated carbocycles. The van der Waals surface area contributed by atoms with Crippen LogP contribution in [0, 0.1) is 17.6 Å². The number of rotatable bonds is 4. The molecule has 0 aliphatic rings. The van der Waals surface area contributed by atoms with Crippen LogP contribution in [0.3, 0.4) is 0 Å². The van der Waals surface area contributed by atoms with E-state index >= 15 is 0 Å². The summed E-state index contributed by atoms with van der Waals surface area (Å²) in [6.45, 7) is 2.21. The van der Waals surface area contributed by atoms with Gasteiger partial charge in [-0.15, -0.1) is 11.6 Å². The minimum Gasteiger partial charge on any atom is -0.490 e. The van der Waals surface area contributed by atoms with Crippen LogP contribution in [0.5, 0.6) is 5.75 Å². The van der Waals surface area contributed by atoms with Crippen molar-refractivity contribution in [3.05, 3.63) is 29.8 Å². The second-order valence-electron chi connectivity index (χ2n) is 3.15. The standard InChI is InChI=1S/C10H11ClF2O/c1-7(5-11)6-14-10-3-2-8(12)4-9(10)13/h2-4,7H,5-6H2,1H3. The van der Waals surface area contributed by atoms with E-state index in [1.807, 2.05) is 6.92 Å². The van der Waals surface area contributed by atoms with Gasteiger partial charge in [0.05, 0.1) is 6.61 Å². The van der Waals surface area contributed by atoms with Gasteiger partial charge in [0, 0.05) is 17.9 Å². The molecule has 0 fully saturated rings. The van der Waals surface area contributed by atoms with Crippen molar-refractivity contribution in [3.8, 4) is 5.75 Å². The maximum Gasteiger partial charge on any atom is 0.167 e. The van der Waals surface area contributed by atoms with Crippen molar-refractivity contribution in [1.29, 1.82) is 0 Å². The van der Waals surface area contributed by atoms with E-state index in [0.717, 1.165) is 12.1 Å². The Balaban J connectivity index is 2.59. The monoisotopic (exact) mass is 220 g/mol. The van der Waals surface area contributed by atoms with Crippen LogP contribution in [0.25, 0.3) is 0 Å². The van der Waals surface area contributed by atoms with E-state index in [1.54, 1.807) is 0 Å². The third kappa shape index (κ3) is 3.14. The highest BCUT2D eigenvalue weighted by Crippen LogP contribution is 2.18. The fourth-order valence-electron chi connectivity index (χ4n) is 0.869. The highest BCUT2D eigenvalue weighted by Gasteiger charge is 2.06. The van der Waals surface area contributed by atoms with Crippen molar-refractivity contribution in [2.75, 3.05) is 12.5 Å². The van der Waals surface area contributed by atoms with E-state index < -0.39 is 11.6 Å². The van der Waals surface area contributed by atoms with Crippen LogP contribution in [0.4, 0.5) is 8.78 Å². The van der Waals surface area contributed by atoms with E-state index in [2.05, 4.69) is 0 Å². The lowest BCUT2D eigenvalue weighted by Gasteiger charge is -2.10. The Kier molecular flexibility index (Phi) is 4.14. The van der Waals surface area contributed by atoms with Gasteiger partial charge in [-0.25, -0.2) is 8.78 Å². The van der Waals surface area contributed by atoms with Gasteiger partial charge in [-0.3, -0.25) is 0 Å². The van der Waals surface area contributed by atoms with E-state index in [1.165, 1.54) is 6.07 Å². The Labute approximate surface area is 86.6 Å². The summed E-state index contributed by atoms with van der Waals surface area (Å²) in [5.41, 5.74) is 0. The molecular formula is C10H11ClF2O. The molecule has 1 aromatic carbocycles. The zero-order valence-electron chi connectivity index (χ0n) is 7.77. The van der Waals surface area contributed by atoms with E-state index in [0.29, 0.717) is 12.5 Å². The Hall–Kier alpha value is -0.830. The van der Waals surface area contributed by atoms with Crippen LogP contribution in [-0.2, 0) is 0 Å². The maximum absolute atomic E-state index is 13.0. The number of hydrogen-bond donors (Lipinski definition) is 0. The number of benzene rings is 1. The molecule has 0 aliphatic heterocycles. The molecule has 0 N–H and O–H groups in total. The molecule has 78 valence electrons. The summed E-state index contributed by atoms with van der Waals surface area (Å²) < 4.78 is 30.6. The minimum atomic E-state index is -0.688. The first-order valence-electron chi connectivity index (χ1n) is 4.27. The molecule has 1 rings (SSSR count). The van der Waals surface area contributed by atoms with Crippen LogP contribution in [0.15, 0.2) is 18.2 Å². The maximum atomic E-state index is 13.0. The van der Waals surface area contributed by atoms with Crippen LogP contribution < -0.4 is 4.74 Å². The van der Waals surface area contributed by atoms with Gasteiger partial charge in [-0.05, 0) is 12.1 Å². The minimum absolute atomic E-state index is 0.0587. The average molecular weight is 221 g/mol. The molecule has 0 heterocycles. The van der Waals surface area contributed by atoms with Gasteiger partial charge in [-0.2, -0.15) is 0 Å². The predicted octanol–water partition coefficient (Wildman–Crippen LogP) is 3.22. The summed E-state index contributed by atoms with van der Waals surface area (Å²) in [6.07, 6.45) is 0. The Morgan fingerprint density at radius 2 is 2.14 bits per heavy atom. The Morgan fingerprint density at radius 1 is 1.43 bits per heavy atom. The molecular weight excluding hydrogens is 210 g/mol. The molecule has 1 nitrogen and oxygen atoms in total. The number of ether oxygens (including phenoxy) is 1. The van der Waals surface area contributed by atoms with Gasteiger partial charge in [0.25, 0.3) is 0 Å². The highest BCUT2D eigenvalue weighted by molar-refractivity contribution is 6.18. The largest absolute Gasteiger partial charge is 0.490 e. The second kappa shape index (κ2) is 5.15.